The summed E-state index contributed by atoms with van der Waals surface area (Å²) < 4.78 is 0.739. The molecular weight excluding hydrogens is 284 g/mol. The van der Waals surface area contributed by atoms with Crippen molar-refractivity contribution in [2.45, 2.75) is 38.3 Å². The zero-order valence-corrected chi connectivity index (χ0v) is 11.6. The van der Waals surface area contributed by atoms with Crippen LogP contribution in [0.4, 0.5) is 0 Å². The quantitative estimate of drug-likeness (QED) is 0.793. The molecule has 0 radical (unpaired) electrons. The van der Waals surface area contributed by atoms with Crippen molar-refractivity contribution in [3.63, 3.8) is 0 Å². The summed E-state index contributed by atoms with van der Waals surface area (Å²) in [4.78, 5) is 28.0. The number of nitrogens with zero attached hydrogens (tertiary/aromatic N) is 2. The van der Waals surface area contributed by atoms with E-state index in [-0.39, 0.29) is 23.9 Å². The average Bonchev–Trinajstić information content (AvgIpc) is 2.74. The number of rotatable bonds is 3. The monoisotopic (exact) mass is 300 g/mol. The van der Waals surface area contributed by atoms with E-state index in [4.69, 9.17) is 0 Å². The summed E-state index contributed by atoms with van der Waals surface area (Å²) in [5.74, 6) is 0.179. The maximum absolute atomic E-state index is 12.3. The van der Waals surface area contributed by atoms with Gasteiger partial charge in [0.15, 0.2) is 0 Å². The van der Waals surface area contributed by atoms with Gasteiger partial charge in [-0.1, -0.05) is 29.4 Å². The van der Waals surface area contributed by atoms with Crippen molar-refractivity contribution in [3.05, 3.63) is 11.1 Å². The maximum Gasteiger partial charge on any atom is 0.246 e. The van der Waals surface area contributed by atoms with Crippen LogP contribution < -0.4 is 0 Å². The molecular formula is C12H17BrN2O2. The number of halogens is 1. The molecule has 2 amide bonds. The number of carbonyl (C=O) groups is 2. The molecule has 4 nitrogen and oxygen atoms in total. The highest BCUT2D eigenvalue weighted by atomic mass is 79.9. The lowest BCUT2D eigenvalue weighted by Crippen LogP contribution is -2.62. The molecule has 2 aliphatic heterocycles. The van der Waals surface area contributed by atoms with E-state index in [9.17, 15) is 9.59 Å². The van der Waals surface area contributed by atoms with Crippen LogP contribution in [0.25, 0.3) is 0 Å². The zero-order chi connectivity index (χ0) is 12.6. The molecule has 0 aliphatic carbocycles. The Morgan fingerprint density at radius 1 is 1.47 bits per heavy atom. The van der Waals surface area contributed by atoms with Gasteiger partial charge in [0.2, 0.25) is 11.8 Å². The second-order valence-corrected chi connectivity index (χ2v) is 5.72. The van der Waals surface area contributed by atoms with E-state index in [1.807, 2.05) is 6.92 Å². The molecule has 2 heterocycles. The van der Waals surface area contributed by atoms with Gasteiger partial charge in [-0.05, 0) is 19.3 Å². The summed E-state index contributed by atoms with van der Waals surface area (Å²) in [7, 11) is 0. The fourth-order valence-corrected chi connectivity index (χ4v) is 3.00. The van der Waals surface area contributed by atoms with Crippen LogP contribution in [0.2, 0.25) is 0 Å². The predicted octanol–water partition coefficient (Wildman–Crippen LogP) is 1.51. The Morgan fingerprint density at radius 2 is 2.18 bits per heavy atom. The third kappa shape index (κ3) is 2.12. The third-order valence-electron chi connectivity index (χ3n) is 3.49. The first-order valence-corrected chi connectivity index (χ1v) is 6.79. The van der Waals surface area contributed by atoms with Gasteiger partial charge >= 0.3 is 0 Å². The Balaban J connectivity index is 2.26. The van der Waals surface area contributed by atoms with E-state index in [0.29, 0.717) is 13.0 Å². The van der Waals surface area contributed by atoms with Crippen molar-refractivity contribution < 1.29 is 9.59 Å². The van der Waals surface area contributed by atoms with Gasteiger partial charge in [-0.3, -0.25) is 9.59 Å². The molecule has 2 fully saturated rings. The topological polar surface area (TPSA) is 40.6 Å². The van der Waals surface area contributed by atoms with Crippen LogP contribution in [0.5, 0.6) is 0 Å². The average molecular weight is 301 g/mol. The molecule has 94 valence electrons. The van der Waals surface area contributed by atoms with Gasteiger partial charge in [-0.25, -0.2) is 0 Å². The summed E-state index contributed by atoms with van der Waals surface area (Å²) in [5, 5.41) is 0. The van der Waals surface area contributed by atoms with Crippen LogP contribution in [0, 0.1) is 0 Å². The van der Waals surface area contributed by atoms with Crippen molar-refractivity contribution in [2.24, 2.45) is 0 Å². The van der Waals surface area contributed by atoms with E-state index in [2.05, 4.69) is 22.5 Å². The first-order chi connectivity index (χ1) is 8.06. The van der Waals surface area contributed by atoms with Crippen molar-refractivity contribution in [1.82, 2.24) is 9.80 Å². The Labute approximate surface area is 110 Å². The molecule has 2 atom stereocenters. The second kappa shape index (κ2) is 4.80. The van der Waals surface area contributed by atoms with E-state index in [1.165, 1.54) is 0 Å². The minimum atomic E-state index is -0.314. The highest BCUT2D eigenvalue weighted by Gasteiger charge is 2.46. The molecule has 5 heteroatoms. The van der Waals surface area contributed by atoms with Crippen molar-refractivity contribution >= 4 is 27.7 Å². The van der Waals surface area contributed by atoms with E-state index in [0.717, 1.165) is 23.9 Å². The standard InChI is InChI=1S/C12H17BrN2O2/c1-3-9-11(16)14-6-4-5-10(14)12(17)15(9)7-8(2)13/h9-10H,2-7H2,1H3. The van der Waals surface area contributed by atoms with Crippen LogP contribution in [0.3, 0.4) is 0 Å². The minimum absolute atomic E-state index is 0.0783. The normalized spacial score (nSPS) is 28.6. The smallest absolute Gasteiger partial charge is 0.246 e. The third-order valence-corrected chi connectivity index (χ3v) is 3.74. The van der Waals surface area contributed by atoms with Crippen LogP contribution in [-0.4, -0.2) is 46.8 Å². The molecule has 0 bridgehead atoms. The van der Waals surface area contributed by atoms with Crippen LogP contribution in [-0.2, 0) is 9.59 Å². The fourth-order valence-electron chi connectivity index (χ4n) is 2.72. The molecule has 0 saturated carbocycles. The van der Waals surface area contributed by atoms with Gasteiger partial charge in [0.25, 0.3) is 0 Å². The number of carbonyl (C=O) groups excluding carboxylic acids is 2. The van der Waals surface area contributed by atoms with E-state index in [1.54, 1.807) is 9.80 Å². The van der Waals surface area contributed by atoms with Crippen LogP contribution >= 0.6 is 15.9 Å². The van der Waals surface area contributed by atoms with Gasteiger partial charge in [0.1, 0.15) is 12.1 Å². The number of hydrogen-bond acceptors (Lipinski definition) is 2. The number of hydrogen-bond donors (Lipinski definition) is 0. The highest BCUT2D eigenvalue weighted by Crippen LogP contribution is 2.28. The molecule has 2 saturated heterocycles. The molecule has 17 heavy (non-hydrogen) atoms. The number of amides is 2. The first kappa shape index (κ1) is 12.6. The Kier molecular flexibility index (Phi) is 3.56. The van der Waals surface area contributed by atoms with Crippen LogP contribution in [0.15, 0.2) is 11.1 Å². The highest BCUT2D eigenvalue weighted by molar-refractivity contribution is 9.11. The number of fused-ring (bicyclic) bond motifs is 1. The van der Waals surface area contributed by atoms with E-state index >= 15 is 0 Å². The lowest BCUT2D eigenvalue weighted by molar-refractivity contribution is -0.158. The molecule has 0 N–H and O–H groups in total. The van der Waals surface area contributed by atoms with Crippen molar-refractivity contribution in [3.8, 4) is 0 Å². The summed E-state index contributed by atoms with van der Waals surface area (Å²) >= 11 is 3.27. The summed E-state index contributed by atoms with van der Waals surface area (Å²) in [6, 6.07) is -0.539. The van der Waals surface area contributed by atoms with Gasteiger partial charge < -0.3 is 9.80 Å². The predicted molar refractivity (Wildman–Crippen MR) is 68.6 cm³/mol. The Hall–Kier alpha value is -0.840. The summed E-state index contributed by atoms with van der Waals surface area (Å²) in [6.07, 6.45) is 2.39. The lowest BCUT2D eigenvalue weighted by Gasteiger charge is -2.42. The van der Waals surface area contributed by atoms with Crippen molar-refractivity contribution in [1.29, 1.82) is 0 Å². The van der Waals surface area contributed by atoms with Crippen LogP contribution in [0.1, 0.15) is 26.2 Å². The number of piperazine rings is 1. The van der Waals surface area contributed by atoms with Gasteiger partial charge in [-0.2, -0.15) is 0 Å². The SMILES string of the molecule is C=C(Br)CN1C(=O)C2CCCN2C(=O)C1CC. The molecule has 2 unspecified atom stereocenters. The molecule has 0 aromatic heterocycles. The van der Waals surface area contributed by atoms with Gasteiger partial charge in [0.05, 0.1) is 6.54 Å². The van der Waals surface area contributed by atoms with Gasteiger partial charge in [0, 0.05) is 11.0 Å². The fraction of sp³-hybridized carbons (Fsp3) is 0.667. The molecule has 2 rings (SSSR count). The lowest BCUT2D eigenvalue weighted by atomic mass is 10.0. The van der Waals surface area contributed by atoms with Gasteiger partial charge in [-0.15, -0.1) is 0 Å². The van der Waals surface area contributed by atoms with E-state index < -0.39 is 0 Å². The largest absolute Gasteiger partial charge is 0.329 e. The van der Waals surface area contributed by atoms with Crippen molar-refractivity contribution in [2.75, 3.05) is 13.1 Å². The summed E-state index contributed by atoms with van der Waals surface area (Å²) in [6.45, 7) is 6.86. The second-order valence-electron chi connectivity index (χ2n) is 4.60. The molecule has 0 aromatic carbocycles. The zero-order valence-electron chi connectivity index (χ0n) is 9.99. The first-order valence-electron chi connectivity index (χ1n) is 6.00. The minimum Gasteiger partial charge on any atom is -0.329 e. The molecule has 2 aliphatic rings. The maximum atomic E-state index is 12.3. The molecule has 0 spiro atoms. The molecule has 0 aromatic rings. The Morgan fingerprint density at radius 3 is 2.76 bits per heavy atom. The Bertz CT molecular complexity index is 370. The summed E-state index contributed by atoms with van der Waals surface area (Å²) in [5.41, 5.74) is 0.